The molecule has 5 heteroatoms. The first-order valence-electron chi connectivity index (χ1n) is 7.11. The molecule has 2 nitrogen and oxygen atoms in total. The lowest BCUT2D eigenvalue weighted by Gasteiger charge is -2.18. The molecule has 2 aromatic carbocycles. The lowest BCUT2D eigenvalue weighted by molar-refractivity contribution is 0.237. The molecule has 0 saturated carbocycles. The van der Waals surface area contributed by atoms with Crippen molar-refractivity contribution in [3.8, 4) is 0 Å². The minimum absolute atomic E-state index is 0.490. The summed E-state index contributed by atoms with van der Waals surface area (Å²) in [7, 11) is 3.93. The van der Waals surface area contributed by atoms with Crippen LogP contribution >= 0.6 is 34.8 Å². The summed E-state index contributed by atoms with van der Waals surface area (Å²) in [5.41, 5.74) is 2.27. The molecule has 122 valence electrons. The molecular formula is C18H18Cl3NO. The second kappa shape index (κ2) is 8.18. The van der Waals surface area contributed by atoms with E-state index in [1.54, 1.807) is 24.3 Å². The van der Waals surface area contributed by atoms with Gasteiger partial charge in [-0.15, -0.1) is 0 Å². The molecule has 0 spiro atoms. The summed E-state index contributed by atoms with van der Waals surface area (Å²) in [6, 6.07) is 12.5. The van der Waals surface area contributed by atoms with E-state index in [2.05, 4.69) is 0 Å². The fourth-order valence-electron chi connectivity index (χ4n) is 2.25. The van der Waals surface area contributed by atoms with Crippen molar-refractivity contribution in [2.45, 2.75) is 6.10 Å². The third kappa shape index (κ3) is 5.23. The molecule has 0 bridgehead atoms. The highest BCUT2D eigenvalue weighted by atomic mass is 35.5. The molecule has 0 fully saturated rings. The van der Waals surface area contributed by atoms with Gasteiger partial charge in [-0.3, -0.25) is 0 Å². The van der Waals surface area contributed by atoms with Gasteiger partial charge < -0.3 is 10.0 Å². The molecule has 2 aromatic rings. The van der Waals surface area contributed by atoms with Gasteiger partial charge in [-0.05, 0) is 61.1 Å². The number of hydrogen-bond acceptors (Lipinski definition) is 2. The van der Waals surface area contributed by atoms with Crippen LogP contribution in [0, 0.1) is 0 Å². The fraction of sp³-hybridized carbons (Fsp3) is 0.222. The SMILES string of the molecule is CN(C)CC=C(c1cccc(Cl)c1)C(O)c1cc(Cl)cc(Cl)c1. The second-order valence-corrected chi connectivity index (χ2v) is 6.85. The highest BCUT2D eigenvalue weighted by Crippen LogP contribution is 2.33. The standard InChI is InChI=1S/C18H18Cl3NO/c1-22(2)7-6-17(12-4-3-5-14(19)8-12)18(23)13-9-15(20)11-16(21)10-13/h3-6,8-11,18,23H,7H2,1-2H3. The maximum Gasteiger partial charge on any atom is 0.104 e. The smallest absolute Gasteiger partial charge is 0.104 e. The molecule has 0 amide bonds. The third-order valence-electron chi connectivity index (χ3n) is 3.33. The average molecular weight is 371 g/mol. The van der Waals surface area contributed by atoms with E-state index in [1.165, 1.54) is 0 Å². The Balaban J connectivity index is 2.46. The first kappa shape index (κ1) is 18.3. The second-order valence-electron chi connectivity index (χ2n) is 5.54. The molecule has 0 aliphatic rings. The lowest BCUT2D eigenvalue weighted by atomic mass is 9.94. The van der Waals surface area contributed by atoms with Crippen molar-refractivity contribution in [1.29, 1.82) is 0 Å². The van der Waals surface area contributed by atoms with Crippen molar-refractivity contribution in [1.82, 2.24) is 4.90 Å². The zero-order valence-corrected chi connectivity index (χ0v) is 15.2. The molecule has 1 N–H and O–H groups in total. The van der Waals surface area contributed by atoms with E-state index in [0.717, 1.165) is 11.1 Å². The van der Waals surface area contributed by atoms with Gasteiger partial charge in [0.25, 0.3) is 0 Å². The Labute approximate surface area is 151 Å². The van der Waals surface area contributed by atoms with Crippen LogP contribution in [-0.4, -0.2) is 30.6 Å². The van der Waals surface area contributed by atoms with Crippen molar-refractivity contribution >= 4 is 40.4 Å². The number of rotatable bonds is 5. The fourth-order valence-corrected chi connectivity index (χ4v) is 2.98. The van der Waals surface area contributed by atoms with E-state index in [1.807, 2.05) is 43.3 Å². The van der Waals surface area contributed by atoms with E-state index in [-0.39, 0.29) is 0 Å². The molecule has 2 rings (SSSR count). The predicted molar refractivity (Wildman–Crippen MR) is 99.4 cm³/mol. The Morgan fingerprint density at radius 1 is 1.04 bits per heavy atom. The van der Waals surface area contributed by atoms with Crippen molar-refractivity contribution in [3.05, 3.63) is 74.7 Å². The summed E-state index contributed by atoms with van der Waals surface area (Å²) in [5, 5.41) is 12.4. The van der Waals surface area contributed by atoms with Crippen molar-refractivity contribution in [3.63, 3.8) is 0 Å². The summed E-state index contributed by atoms with van der Waals surface area (Å²) in [6.45, 7) is 0.688. The number of benzene rings is 2. The number of aliphatic hydroxyl groups is 1. The van der Waals surface area contributed by atoms with Crippen LogP contribution in [0.15, 0.2) is 48.5 Å². The normalized spacial score (nSPS) is 13.4. The molecule has 0 radical (unpaired) electrons. The van der Waals surface area contributed by atoms with Gasteiger partial charge in [-0.1, -0.05) is 53.0 Å². The van der Waals surface area contributed by atoms with Crippen LogP contribution < -0.4 is 0 Å². The highest BCUT2D eigenvalue weighted by Gasteiger charge is 2.17. The average Bonchev–Trinajstić information content (AvgIpc) is 2.46. The Morgan fingerprint density at radius 3 is 2.26 bits per heavy atom. The van der Waals surface area contributed by atoms with E-state index in [9.17, 15) is 5.11 Å². The van der Waals surface area contributed by atoms with Crippen LogP contribution in [0.1, 0.15) is 17.2 Å². The van der Waals surface area contributed by atoms with Crippen molar-refractivity contribution in [2.24, 2.45) is 0 Å². The van der Waals surface area contributed by atoms with Gasteiger partial charge in [0.2, 0.25) is 0 Å². The van der Waals surface area contributed by atoms with Gasteiger partial charge in [0, 0.05) is 21.6 Å². The number of hydrogen-bond donors (Lipinski definition) is 1. The molecule has 0 heterocycles. The van der Waals surface area contributed by atoms with Crippen molar-refractivity contribution < 1.29 is 5.11 Å². The highest BCUT2D eigenvalue weighted by molar-refractivity contribution is 6.34. The van der Waals surface area contributed by atoms with E-state index in [4.69, 9.17) is 34.8 Å². The summed E-state index contributed by atoms with van der Waals surface area (Å²) >= 11 is 18.2. The van der Waals surface area contributed by atoms with Crippen molar-refractivity contribution in [2.75, 3.05) is 20.6 Å². The molecule has 1 atom stereocenters. The zero-order valence-electron chi connectivity index (χ0n) is 12.9. The van der Waals surface area contributed by atoms with Crippen LogP contribution in [0.3, 0.4) is 0 Å². The topological polar surface area (TPSA) is 23.5 Å². The van der Waals surface area contributed by atoms with Gasteiger partial charge in [-0.25, -0.2) is 0 Å². The van der Waals surface area contributed by atoms with Crippen LogP contribution in [0.2, 0.25) is 15.1 Å². The summed E-state index contributed by atoms with van der Waals surface area (Å²) in [5.74, 6) is 0. The van der Waals surface area contributed by atoms with Gasteiger partial charge >= 0.3 is 0 Å². The lowest BCUT2D eigenvalue weighted by Crippen LogP contribution is -2.12. The van der Waals surface area contributed by atoms with E-state index in [0.29, 0.717) is 27.2 Å². The molecule has 23 heavy (non-hydrogen) atoms. The third-order valence-corrected chi connectivity index (χ3v) is 4.00. The minimum Gasteiger partial charge on any atom is -0.384 e. The number of halogens is 3. The summed E-state index contributed by atoms with van der Waals surface area (Å²) in [4.78, 5) is 2.02. The molecule has 1 unspecified atom stereocenters. The summed E-state index contributed by atoms with van der Waals surface area (Å²) in [6.07, 6.45) is 1.13. The maximum atomic E-state index is 10.8. The largest absolute Gasteiger partial charge is 0.384 e. The van der Waals surface area contributed by atoms with Gasteiger partial charge in [0.15, 0.2) is 0 Å². The quantitative estimate of drug-likeness (QED) is 0.769. The molecule has 0 aliphatic heterocycles. The van der Waals surface area contributed by atoms with Crippen LogP contribution in [0.5, 0.6) is 0 Å². The molecule has 0 saturated heterocycles. The maximum absolute atomic E-state index is 10.8. The monoisotopic (exact) mass is 369 g/mol. The Hall–Kier alpha value is -1.03. The van der Waals surface area contributed by atoms with Crippen LogP contribution in [0.25, 0.3) is 5.57 Å². The molecule has 0 aliphatic carbocycles. The van der Waals surface area contributed by atoms with Gasteiger partial charge in [-0.2, -0.15) is 0 Å². The molecule has 0 aromatic heterocycles. The summed E-state index contributed by atoms with van der Waals surface area (Å²) < 4.78 is 0. The van der Waals surface area contributed by atoms with E-state index >= 15 is 0 Å². The molecular weight excluding hydrogens is 353 g/mol. The number of likely N-dealkylation sites (N-methyl/N-ethyl adjacent to an activating group) is 1. The van der Waals surface area contributed by atoms with Crippen LogP contribution in [-0.2, 0) is 0 Å². The van der Waals surface area contributed by atoms with Crippen LogP contribution in [0.4, 0.5) is 0 Å². The van der Waals surface area contributed by atoms with E-state index < -0.39 is 6.10 Å². The minimum atomic E-state index is -0.843. The first-order valence-corrected chi connectivity index (χ1v) is 8.25. The Kier molecular flexibility index (Phi) is 6.51. The Bertz CT molecular complexity index is 693. The number of aliphatic hydroxyl groups excluding tert-OH is 1. The zero-order chi connectivity index (χ0) is 17.0. The Morgan fingerprint density at radius 2 is 1.70 bits per heavy atom. The number of nitrogens with zero attached hydrogens (tertiary/aromatic N) is 1. The predicted octanol–water partition coefficient (Wildman–Crippen LogP) is 5.33. The van der Waals surface area contributed by atoms with Gasteiger partial charge in [0.05, 0.1) is 0 Å². The van der Waals surface area contributed by atoms with Gasteiger partial charge in [0.1, 0.15) is 6.10 Å². The first-order chi connectivity index (χ1) is 10.9.